The molecule has 4 aliphatic heterocycles. The van der Waals surface area contributed by atoms with Gasteiger partial charge < -0.3 is 48.5 Å². The summed E-state index contributed by atoms with van der Waals surface area (Å²) < 4.78 is 39.5. The van der Waals surface area contributed by atoms with Gasteiger partial charge in [-0.25, -0.2) is 4.79 Å². The fourth-order valence-corrected chi connectivity index (χ4v) is 6.68. The van der Waals surface area contributed by atoms with E-state index in [2.05, 4.69) is 11.8 Å². The molecule has 1 aromatic rings. The van der Waals surface area contributed by atoms with Crippen molar-refractivity contribution >= 4 is 11.9 Å². The molecule has 0 saturated carbocycles. The molecule has 0 spiro atoms. The van der Waals surface area contributed by atoms with Gasteiger partial charge >= 0.3 is 11.9 Å². The van der Waals surface area contributed by atoms with E-state index < -0.39 is 54.9 Å². The molecule has 6 rings (SSSR count). The van der Waals surface area contributed by atoms with Crippen molar-refractivity contribution < 1.29 is 58.1 Å². The number of cyclic esters (lactones) is 1. The molecular weight excluding hydrogens is 578 g/mol. The summed E-state index contributed by atoms with van der Waals surface area (Å²) in [5.74, 6) is 0.421. The van der Waals surface area contributed by atoms with Crippen molar-refractivity contribution in [2.45, 2.75) is 80.9 Å². The number of ether oxygens (including phenoxy) is 7. The molecule has 44 heavy (non-hydrogen) atoms. The van der Waals surface area contributed by atoms with Crippen LogP contribution in [0.2, 0.25) is 0 Å². The summed E-state index contributed by atoms with van der Waals surface area (Å²) in [6.45, 7) is 3.47. The molecule has 5 aliphatic rings. The first-order valence-electron chi connectivity index (χ1n) is 15.0. The molecule has 8 atom stereocenters. The van der Waals surface area contributed by atoms with E-state index in [-0.39, 0.29) is 38.2 Å². The number of aliphatic hydroxyl groups excluding tert-OH is 3. The lowest BCUT2D eigenvalue weighted by Gasteiger charge is -2.39. The normalized spacial score (nSPS) is 34.2. The molecule has 4 heterocycles. The van der Waals surface area contributed by atoms with Gasteiger partial charge in [0.05, 0.1) is 26.7 Å². The molecule has 4 unspecified atom stereocenters. The van der Waals surface area contributed by atoms with Crippen LogP contribution in [0.3, 0.4) is 0 Å². The second-order valence-electron chi connectivity index (χ2n) is 11.7. The van der Waals surface area contributed by atoms with Crippen LogP contribution in [-0.2, 0) is 39.7 Å². The van der Waals surface area contributed by atoms with Crippen LogP contribution in [0.15, 0.2) is 36.1 Å². The number of esters is 2. The number of methoxy groups -OCH3 is 1. The van der Waals surface area contributed by atoms with Gasteiger partial charge in [0.25, 0.3) is 0 Å². The maximum Gasteiger partial charge on any atom is 0.352 e. The summed E-state index contributed by atoms with van der Waals surface area (Å²) >= 11 is 0. The first kappa shape index (κ1) is 30.8. The number of fused-ring (bicyclic) bond motifs is 4. The smallest absolute Gasteiger partial charge is 0.352 e. The monoisotopic (exact) mass is 617 g/mol. The summed E-state index contributed by atoms with van der Waals surface area (Å²) in [6.07, 6.45) is 1.50. The molecule has 13 nitrogen and oxygen atoms in total. The Morgan fingerprint density at radius 1 is 1.18 bits per heavy atom. The SMILES string of the molecule is CCCN1CCc2cc3c(cc2[C@@H]2[C@H](OC(=O)[C@@]4(C/C=C/COC5OC(CO)C(O)C5O)CC(=O)O4)C(OC)=C[C@@H]21)OCO3. The second kappa shape index (κ2) is 12.7. The predicted molar refractivity (Wildman–Crippen MR) is 151 cm³/mol. The van der Waals surface area contributed by atoms with E-state index >= 15 is 0 Å². The van der Waals surface area contributed by atoms with Crippen LogP contribution >= 0.6 is 0 Å². The highest BCUT2D eigenvalue weighted by molar-refractivity contribution is 5.94. The number of benzene rings is 1. The molecule has 0 aromatic heterocycles. The van der Waals surface area contributed by atoms with E-state index in [1.807, 2.05) is 18.2 Å². The Morgan fingerprint density at radius 2 is 1.95 bits per heavy atom. The van der Waals surface area contributed by atoms with Crippen molar-refractivity contribution in [3.63, 3.8) is 0 Å². The molecule has 3 N–H and O–H groups in total. The number of nitrogens with zero attached hydrogens (tertiary/aromatic N) is 1. The van der Waals surface area contributed by atoms with Crippen molar-refractivity contribution in [2.75, 3.05) is 40.2 Å². The number of hydrogen-bond acceptors (Lipinski definition) is 13. The maximum absolute atomic E-state index is 13.8. The van der Waals surface area contributed by atoms with Crippen molar-refractivity contribution in [2.24, 2.45) is 0 Å². The van der Waals surface area contributed by atoms with Crippen LogP contribution in [-0.4, -0.2) is 115 Å². The van der Waals surface area contributed by atoms with E-state index in [0.29, 0.717) is 17.3 Å². The van der Waals surface area contributed by atoms with Crippen molar-refractivity contribution in [3.05, 3.63) is 47.2 Å². The molecule has 0 bridgehead atoms. The molecule has 1 aromatic carbocycles. The summed E-state index contributed by atoms with van der Waals surface area (Å²) in [7, 11) is 1.55. The number of aliphatic hydroxyl groups is 3. The van der Waals surface area contributed by atoms with E-state index in [1.165, 1.54) is 0 Å². The molecule has 2 saturated heterocycles. The highest BCUT2D eigenvalue weighted by Gasteiger charge is 2.56. The molecule has 0 amide bonds. The first-order valence-corrected chi connectivity index (χ1v) is 15.0. The summed E-state index contributed by atoms with van der Waals surface area (Å²) in [5, 5.41) is 29.2. The predicted octanol–water partition coefficient (Wildman–Crippen LogP) is 0.679. The lowest BCUT2D eigenvalue weighted by molar-refractivity contribution is -0.210. The minimum absolute atomic E-state index is 0.0191. The van der Waals surface area contributed by atoms with Crippen LogP contribution in [0.5, 0.6) is 11.5 Å². The quantitative estimate of drug-likeness (QED) is 0.235. The van der Waals surface area contributed by atoms with Gasteiger partial charge in [-0.3, -0.25) is 9.69 Å². The third-order valence-corrected chi connectivity index (χ3v) is 8.95. The van der Waals surface area contributed by atoms with Gasteiger partial charge in [-0.05, 0) is 48.7 Å². The van der Waals surface area contributed by atoms with Crippen LogP contribution in [0, 0.1) is 0 Å². The Labute approximate surface area is 254 Å². The minimum atomic E-state index is -1.50. The Kier molecular flexibility index (Phi) is 8.86. The van der Waals surface area contributed by atoms with E-state index in [9.17, 15) is 24.9 Å². The topological polar surface area (TPSA) is 163 Å². The summed E-state index contributed by atoms with van der Waals surface area (Å²) in [6, 6.07) is 3.90. The third-order valence-electron chi connectivity index (χ3n) is 8.95. The first-order chi connectivity index (χ1) is 21.3. The molecule has 1 aliphatic carbocycles. The number of carbonyl (C=O) groups is 2. The average Bonchev–Trinajstić information content (AvgIpc) is 3.66. The Balaban J connectivity index is 1.18. The van der Waals surface area contributed by atoms with Gasteiger partial charge in [0.1, 0.15) is 24.1 Å². The highest BCUT2D eigenvalue weighted by atomic mass is 16.7. The second-order valence-corrected chi connectivity index (χ2v) is 11.7. The van der Waals surface area contributed by atoms with Crippen LogP contribution in [0.4, 0.5) is 0 Å². The van der Waals surface area contributed by atoms with E-state index in [1.54, 1.807) is 19.3 Å². The summed E-state index contributed by atoms with van der Waals surface area (Å²) in [4.78, 5) is 28.2. The minimum Gasteiger partial charge on any atom is -0.497 e. The van der Waals surface area contributed by atoms with E-state index in [0.717, 1.165) is 37.1 Å². The van der Waals surface area contributed by atoms with Gasteiger partial charge in [-0.15, -0.1) is 0 Å². The number of hydrogen-bond donors (Lipinski definition) is 3. The third kappa shape index (κ3) is 5.57. The number of carbonyl (C=O) groups excluding carboxylic acids is 2. The zero-order valence-corrected chi connectivity index (χ0v) is 24.8. The molecule has 2 fully saturated rings. The van der Waals surface area contributed by atoms with Crippen LogP contribution in [0.1, 0.15) is 43.2 Å². The standard InChI is InChI=1S/C31H39NO12/c1-3-8-32-9-6-17-11-20-21(41-16-40-20)12-18(17)25-19(32)13-22(38-2)28(25)43-30(37)31(14-24(34)44-31)7-4-5-10-39-29-27(36)26(35)23(15-33)42-29/h4-5,11-13,19,23,25-29,33,35-36H,3,6-10,14-16H2,1-2H3/b5-4+/t19-,23?,25-,26?,27?,28+,29?,31+/m0/s1. The van der Waals surface area contributed by atoms with Crippen molar-refractivity contribution in [3.8, 4) is 11.5 Å². The van der Waals surface area contributed by atoms with Gasteiger partial charge in [0, 0.05) is 24.9 Å². The fourth-order valence-electron chi connectivity index (χ4n) is 6.68. The molecule has 240 valence electrons. The zero-order valence-electron chi connectivity index (χ0n) is 24.8. The average molecular weight is 618 g/mol. The maximum atomic E-state index is 13.8. The summed E-state index contributed by atoms with van der Waals surface area (Å²) in [5.41, 5.74) is 0.592. The van der Waals surface area contributed by atoms with Gasteiger partial charge in [-0.1, -0.05) is 19.1 Å². The Morgan fingerprint density at radius 3 is 2.64 bits per heavy atom. The lowest BCUT2D eigenvalue weighted by Crippen LogP contribution is -2.55. The Hall–Kier alpha value is -3.20. The molecular formula is C31H39NO12. The molecule has 0 radical (unpaired) electrons. The Bertz CT molecular complexity index is 1300. The lowest BCUT2D eigenvalue weighted by atomic mass is 9.86. The van der Waals surface area contributed by atoms with Gasteiger partial charge in [0.15, 0.2) is 23.9 Å². The fraction of sp³-hybridized carbons (Fsp3) is 0.613. The largest absolute Gasteiger partial charge is 0.497 e. The van der Waals surface area contributed by atoms with Gasteiger partial charge in [-0.2, -0.15) is 0 Å². The molecule has 13 heteroatoms. The van der Waals surface area contributed by atoms with Crippen molar-refractivity contribution in [1.29, 1.82) is 0 Å². The van der Waals surface area contributed by atoms with Crippen molar-refractivity contribution in [1.82, 2.24) is 4.90 Å². The number of rotatable bonds is 11. The van der Waals surface area contributed by atoms with Crippen LogP contribution < -0.4 is 9.47 Å². The van der Waals surface area contributed by atoms with E-state index in [4.69, 9.17) is 33.2 Å². The highest BCUT2D eigenvalue weighted by Crippen LogP contribution is 2.47. The van der Waals surface area contributed by atoms with Crippen LogP contribution in [0.25, 0.3) is 0 Å². The zero-order chi connectivity index (χ0) is 31.0. The van der Waals surface area contributed by atoms with Gasteiger partial charge in [0.2, 0.25) is 12.4 Å².